The van der Waals surface area contributed by atoms with E-state index in [9.17, 15) is 15.1 Å². The summed E-state index contributed by atoms with van der Waals surface area (Å²) in [6, 6.07) is 30.8. The van der Waals surface area contributed by atoms with Crippen molar-refractivity contribution in [2.24, 2.45) is 0 Å². The minimum atomic E-state index is -2.72. The highest BCUT2D eigenvalue weighted by molar-refractivity contribution is 6.35. The molecule has 13 aromatic rings. The Hall–Kier alpha value is -9.30. The quantitative estimate of drug-likeness (QED) is 0.160. The molecule has 2 spiro atoms. The minimum absolute atomic E-state index is 0.00526. The predicted molar refractivity (Wildman–Crippen MR) is 304 cm³/mol. The van der Waals surface area contributed by atoms with Gasteiger partial charge in [-0.05, 0) is 168 Å². The Morgan fingerprint density at radius 2 is 0.808 bits per heavy atom. The van der Waals surface area contributed by atoms with Gasteiger partial charge in [0.2, 0.25) is 0 Å². The third-order valence-corrected chi connectivity index (χ3v) is 16.0. The zero-order valence-corrected chi connectivity index (χ0v) is 38.2. The van der Waals surface area contributed by atoms with Crippen molar-refractivity contribution in [1.29, 1.82) is 0 Å². The lowest BCUT2D eigenvalue weighted by atomic mass is 9.70. The first-order valence-corrected chi connectivity index (χ1v) is 24.0. The summed E-state index contributed by atoms with van der Waals surface area (Å²) in [5.74, 6) is 0. The largest absolute Gasteiger partial charge is 0.310 e. The summed E-state index contributed by atoms with van der Waals surface area (Å²) < 4.78 is 190. The third kappa shape index (κ3) is 4.79. The monoisotopic (exact) mass is 941 g/mol. The fourth-order valence-electron chi connectivity index (χ4n) is 13.4. The lowest BCUT2D eigenvalue weighted by molar-refractivity contribution is 0.793. The van der Waals surface area contributed by atoms with Crippen LogP contribution < -0.4 is 4.90 Å². The van der Waals surface area contributed by atoms with Crippen LogP contribution in [0, 0.1) is 0 Å². The summed E-state index contributed by atoms with van der Waals surface area (Å²) >= 11 is 0. The summed E-state index contributed by atoms with van der Waals surface area (Å²) in [6.45, 7) is 0. The van der Waals surface area contributed by atoms with Crippen molar-refractivity contribution in [2.45, 2.75) is 10.8 Å². The Morgan fingerprint density at radius 1 is 0.288 bits per heavy atom. The molecule has 0 atom stereocenters. The Balaban J connectivity index is 1.03. The molecule has 73 heavy (non-hydrogen) atoms. The number of hydrogen-bond acceptors (Lipinski definition) is 1. The number of para-hydroxylation sites is 1. The molecule has 1 nitrogen and oxygen atoms in total. The van der Waals surface area contributed by atoms with Crippen LogP contribution in [0.2, 0.25) is 0 Å². The van der Waals surface area contributed by atoms with Crippen LogP contribution in [-0.4, -0.2) is 0 Å². The van der Waals surface area contributed by atoms with Gasteiger partial charge in [-0.3, -0.25) is 0 Å². The van der Waals surface area contributed by atoms with E-state index in [1.807, 2.05) is 36.4 Å². The van der Waals surface area contributed by atoms with Gasteiger partial charge in [-0.25, -0.2) is 0 Å². The van der Waals surface area contributed by atoms with Crippen LogP contribution in [0.25, 0.3) is 87.6 Å². The van der Waals surface area contributed by atoms with E-state index in [1.165, 1.54) is 0 Å². The van der Waals surface area contributed by atoms with Crippen molar-refractivity contribution in [2.75, 3.05) is 4.90 Å². The van der Waals surface area contributed by atoms with Gasteiger partial charge in [0, 0.05) is 17.1 Å². The van der Waals surface area contributed by atoms with Crippen molar-refractivity contribution in [3.63, 3.8) is 0 Å². The molecule has 4 aliphatic rings. The van der Waals surface area contributed by atoms with E-state index in [1.54, 1.807) is 12.1 Å². The molecule has 0 fully saturated rings. The summed E-state index contributed by atoms with van der Waals surface area (Å²) in [5, 5.41) is 6.52. The second-order valence-electron chi connectivity index (χ2n) is 19.0. The molecule has 4 aliphatic carbocycles. The number of rotatable bonds is 3. The third-order valence-electron chi connectivity index (χ3n) is 16.0. The zero-order chi connectivity index (χ0) is 65.0. The first kappa shape index (κ1) is 25.2. The van der Waals surface area contributed by atoms with Gasteiger partial charge in [0.15, 0.2) is 0 Å². The van der Waals surface area contributed by atoms with Crippen LogP contribution in [0.5, 0.6) is 0 Å². The smallest absolute Gasteiger partial charge is 0.0726 e. The molecular weight excluding hydrogens is 879 g/mol. The van der Waals surface area contributed by atoms with E-state index in [4.69, 9.17) is 12.3 Å². The topological polar surface area (TPSA) is 3.24 Å². The molecule has 0 bridgehead atoms. The van der Waals surface area contributed by atoms with Crippen molar-refractivity contribution in [1.82, 2.24) is 0 Å². The molecule has 13 aromatic carbocycles. The molecular formula is C72H43N. The molecule has 0 radical (unpaired) electrons. The number of anilines is 3. The predicted octanol–water partition coefficient (Wildman–Crippen LogP) is 18.5. The second-order valence-corrected chi connectivity index (χ2v) is 19.0. The van der Waals surface area contributed by atoms with Crippen LogP contribution in [0.1, 0.15) is 71.9 Å². The molecule has 0 aliphatic heterocycles. The first-order valence-electron chi connectivity index (χ1n) is 34.0. The number of hydrogen-bond donors (Lipinski definition) is 0. The molecule has 0 saturated carbocycles. The molecule has 0 saturated heterocycles. The Bertz CT molecular complexity index is 5620. The van der Waals surface area contributed by atoms with Gasteiger partial charge >= 0.3 is 0 Å². The van der Waals surface area contributed by atoms with Gasteiger partial charge in [0.25, 0.3) is 0 Å². The van der Waals surface area contributed by atoms with Crippen molar-refractivity contribution in [3.05, 3.63) is 305 Å². The molecule has 0 unspecified atom stereocenters. The highest BCUT2D eigenvalue weighted by Crippen LogP contribution is 2.66. The molecule has 1 heteroatoms. The van der Waals surface area contributed by atoms with Gasteiger partial charge < -0.3 is 4.90 Å². The normalized spacial score (nSPS) is 18.1. The summed E-state index contributed by atoms with van der Waals surface area (Å²) in [7, 11) is 0. The van der Waals surface area contributed by atoms with E-state index >= 15 is 0 Å². The highest BCUT2D eigenvalue weighted by Gasteiger charge is 2.53. The van der Waals surface area contributed by atoms with E-state index < -0.39 is 188 Å². The first-order chi connectivity index (χ1) is 44.6. The van der Waals surface area contributed by atoms with Crippen molar-refractivity contribution >= 4 is 60.2 Å². The Kier molecular flexibility index (Phi) is 4.90. The van der Waals surface area contributed by atoms with Crippen LogP contribution in [0.4, 0.5) is 17.1 Å². The summed E-state index contributed by atoms with van der Waals surface area (Å²) in [4.78, 5) is 1.11. The van der Waals surface area contributed by atoms with Crippen molar-refractivity contribution in [3.8, 4) is 44.5 Å². The maximum absolute atomic E-state index is 10.9. The van der Waals surface area contributed by atoms with Gasteiger partial charge in [0.1, 0.15) is 0 Å². The fraction of sp³-hybridized carbons (Fsp3) is 0.0278. The minimum Gasteiger partial charge on any atom is -0.310 e. The van der Waals surface area contributed by atoms with Gasteiger partial charge in [-0.2, -0.15) is 0 Å². The highest BCUT2D eigenvalue weighted by atomic mass is 15.1. The number of nitrogens with zero attached hydrogens (tertiary/aromatic N) is 1. The van der Waals surface area contributed by atoms with Crippen LogP contribution in [0.3, 0.4) is 0 Å². The average molecular weight is 942 g/mol. The van der Waals surface area contributed by atoms with Crippen LogP contribution in [-0.2, 0) is 10.8 Å². The number of fused-ring (bicyclic) bond motifs is 29. The van der Waals surface area contributed by atoms with Crippen LogP contribution >= 0.6 is 0 Å². The van der Waals surface area contributed by atoms with E-state index in [-0.39, 0.29) is 5.69 Å². The molecule has 17 rings (SSSR count). The van der Waals surface area contributed by atoms with Crippen molar-refractivity contribution < 1.29 is 27.4 Å². The average Bonchev–Trinajstić information content (AvgIpc) is 1.49. The van der Waals surface area contributed by atoms with Gasteiger partial charge in [0.05, 0.1) is 38.2 Å². The van der Waals surface area contributed by atoms with E-state index in [0.29, 0.717) is 5.39 Å². The Labute approximate surface area is 451 Å². The lowest BCUT2D eigenvalue weighted by Gasteiger charge is -2.32. The maximum atomic E-state index is 10.9. The Morgan fingerprint density at radius 3 is 1.49 bits per heavy atom. The summed E-state index contributed by atoms with van der Waals surface area (Å²) in [6.07, 6.45) is 0. The molecule has 336 valence electrons. The van der Waals surface area contributed by atoms with E-state index in [0.717, 1.165) is 87.1 Å². The van der Waals surface area contributed by atoms with Crippen LogP contribution in [0.15, 0.2) is 260 Å². The fourth-order valence-corrected chi connectivity index (χ4v) is 13.4. The molecule has 0 aromatic heterocycles. The van der Waals surface area contributed by atoms with E-state index in [2.05, 4.69) is 91.0 Å². The second kappa shape index (κ2) is 14.2. The standard InChI is InChI=1S/C72H43N/c1-2-19-45(20-3-1)73(47-36-39-55-54-26-10-16-32-64(54)72(67(55)43-47)62-30-14-8-24-52(62)53-25-9-15-31-63(53)72)46-35-38-49-56-40-41-66-69(70(56)68-48-21-5-4-18-44(48)34-37-57(68)59(49)42-46)58-27-11-17-33-65(58)71(66)60-28-12-6-22-50(60)51-23-7-13-29-61(51)71/h1-43H/i1D,2D,3D,8D,9D,10D,14D,15D,16D,19D,20D,24D,25D,26D,30D,31D,32D,36D,39D,43D. The lowest BCUT2D eigenvalue weighted by Crippen LogP contribution is -2.26. The van der Waals surface area contributed by atoms with Gasteiger partial charge in [-0.15, -0.1) is 0 Å². The number of benzene rings is 13. The maximum Gasteiger partial charge on any atom is 0.0726 e. The SMILES string of the molecule is [2H]c1c([2H])c([2H])c(N(c2ccc3c(c2)c2ccc4ccccc4c2c2c4c(ccc32)C2(c3ccccc3-c3ccccc32)c2ccccc2-4)c2c([2H])c([2H])c3c(c2[2H])C2(c4c([2H])c([2H])c([2H])c([2H])c4-c4c([2H])c([2H])c([2H])c([2H])c42)c2c([2H])c([2H])c([2H])c([2H])c2-3)c([2H])c1[2H]. The van der Waals surface area contributed by atoms with Gasteiger partial charge in [-0.1, -0.05) is 224 Å². The molecule has 0 N–H and O–H groups in total. The molecule has 0 heterocycles. The zero-order valence-electron chi connectivity index (χ0n) is 58.2. The summed E-state index contributed by atoms with van der Waals surface area (Å²) in [5.41, 5.74) is 0.290. The molecule has 0 amide bonds.